The van der Waals surface area contributed by atoms with Gasteiger partial charge in [0.05, 0.1) is 18.4 Å². The van der Waals surface area contributed by atoms with E-state index in [4.69, 9.17) is 9.47 Å². The van der Waals surface area contributed by atoms with Gasteiger partial charge in [0.25, 0.3) is 15.9 Å². The van der Waals surface area contributed by atoms with Crippen molar-refractivity contribution in [3.05, 3.63) is 59.7 Å². The number of carbonyl (C=O) groups is 1. The molecule has 31 heavy (non-hydrogen) atoms. The lowest BCUT2D eigenvalue weighted by Gasteiger charge is -2.22. The number of amides is 1. The lowest BCUT2D eigenvalue weighted by atomic mass is 9.96. The largest absolute Gasteiger partial charge is 0.497 e. The number of carbonyl (C=O) groups excluding carboxylic acids is 1. The third-order valence-electron chi connectivity index (χ3n) is 5.18. The first-order valence-corrected chi connectivity index (χ1v) is 11.3. The molecule has 2 heterocycles. The van der Waals surface area contributed by atoms with Gasteiger partial charge in [0.15, 0.2) is 6.23 Å². The van der Waals surface area contributed by atoms with Crippen molar-refractivity contribution in [3.63, 3.8) is 0 Å². The first kappa shape index (κ1) is 20.9. The molecule has 0 fully saturated rings. The summed E-state index contributed by atoms with van der Waals surface area (Å²) >= 11 is 0. The highest BCUT2D eigenvalue weighted by Crippen LogP contribution is 2.39. The molecule has 8 nitrogen and oxygen atoms in total. The molecular formula is C22H23N3O5S. The second kappa shape index (κ2) is 7.73. The van der Waals surface area contributed by atoms with Crippen LogP contribution in [0.5, 0.6) is 11.6 Å². The molecule has 1 aliphatic rings. The Labute approximate surface area is 180 Å². The van der Waals surface area contributed by atoms with E-state index < -0.39 is 22.2 Å². The third kappa shape index (κ3) is 3.54. The number of fused-ring (bicyclic) bond motifs is 1. The molecule has 0 radical (unpaired) electrons. The number of ether oxygens (including phenoxy) is 2. The lowest BCUT2D eigenvalue weighted by Crippen LogP contribution is -2.41. The van der Waals surface area contributed by atoms with Gasteiger partial charge in [-0.05, 0) is 30.0 Å². The average molecular weight is 442 g/mol. The Morgan fingerprint density at radius 2 is 1.77 bits per heavy atom. The van der Waals surface area contributed by atoms with Crippen molar-refractivity contribution < 1.29 is 22.7 Å². The fourth-order valence-electron chi connectivity index (χ4n) is 3.65. The molecule has 1 aromatic heterocycles. The van der Waals surface area contributed by atoms with Gasteiger partial charge in [-0.2, -0.15) is 4.31 Å². The van der Waals surface area contributed by atoms with E-state index in [2.05, 4.69) is 10.2 Å². The Kier molecular flexibility index (Phi) is 5.22. The SMILES string of the molecule is COc1cc(C(C)C)c2c(c1)S(=O)(=O)N(C(C)Oc1cc(-c3ccccc3)[nH]n1)C2=O. The molecule has 9 heteroatoms. The summed E-state index contributed by atoms with van der Waals surface area (Å²) in [6.45, 7) is 5.29. The van der Waals surface area contributed by atoms with E-state index in [1.807, 2.05) is 44.2 Å². The number of aromatic nitrogens is 2. The highest BCUT2D eigenvalue weighted by molar-refractivity contribution is 7.90. The summed E-state index contributed by atoms with van der Waals surface area (Å²) in [5.74, 6) is -0.118. The van der Waals surface area contributed by atoms with Gasteiger partial charge in [0.2, 0.25) is 5.88 Å². The smallest absolute Gasteiger partial charge is 0.272 e. The standard InChI is InChI=1S/C22H23N3O5S/c1-13(2)17-10-16(29-4)11-19-21(17)22(26)25(31(19,27)28)14(3)30-20-12-18(23-24-20)15-8-6-5-7-9-15/h5-14H,1-4H3,(H,23,24). The van der Waals surface area contributed by atoms with Gasteiger partial charge in [0, 0.05) is 12.1 Å². The molecule has 1 unspecified atom stereocenters. The van der Waals surface area contributed by atoms with E-state index in [1.54, 1.807) is 12.1 Å². The van der Waals surface area contributed by atoms with Crippen molar-refractivity contribution >= 4 is 15.9 Å². The third-order valence-corrected chi connectivity index (χ3v) is 7.03. The zero-order valence-electron chi connectivity index (χ0n) is 17.6. The highest BCUT2D eigenvalue weighted by Gasteiger charge is 2.47. The molecule has 162 valence electrons. The molecule has 1 amide bonds. The van der Waals surface area contributed by atoms with E-state index in [-0.39, 0.29) is 22.3 Å². The number of aromatic amines is 1. The van der Waals surface area contributed by atoms with Crippen molar-refractivity contribution in [2.45, 2.75) is 37.8 Å². The number of sulfonamides is 1. The van der Waals surface area contributed by atoms with Gasteiger partial charge >= 0.3 is 0 Å². The molecule has 1 aliphatic heterocycles. The normalized spacial score (nSPS) is 15.8. The van der Waals surface area contributed by atoms with E-state index in [0.717, 1.165) is 9.87 Å². The van der Waals surface area contributed by atoms with Crippen LogP contribution in [0.25, 0.3) is 11.3 Å². The van der Waals surface area contributed by atoms with Crippen LogP contribution in [0.2, 0.25) is 0 Å². The molecule has 1 N–H and O–H groups in total. The molecule has 0 saturated heterocycles. The maximum atomic E-state index is 13.2. The molecular weight excluding hydrogens is 418 g/mol. The first-order chi connectivity index (χ1) is 14.7. The zero-order valence-corrected chi connectivity index (χ0v) is 18.4. The monoisotopic (exact) mass is 441 g/mol. The maximum absolute atomic E-state index is 13.2. The zero-order chi connectivity index (χ0) is 22.3. The summed E-state index contributed by atoms with van der Waals surface area (Å²) in [6.07, 6.45) is -1.09. The number of benzene rings is 2. The number of hydrogen-bond donors (Lipinski definition) is 1. The molecule has 0 bridgehead atoms. The van der Waals surface area contributed by atoms with Gasteiger partial charge in [-0.3, -0.25) is 9.89 Å². The van der Waals surface area contributed by atoms with Crippen LogP contribution in [0.4, 0.5) is 0 Å². The van der Waals surface area contributed by atoms with Gasteiger partial charge in [0.1, 0.15) is 10.6 Å². The predicted octanol–water partition coefficient (Wildman–Crippen LogP) is 3.78. The number of nitrogens with one attached hydrogen (secondary N) is 1. The fourth-order valence-corrected chi connectivity index (χ4v) is 5.34. The number of nitrogens with zero attached hydrogens (tertiary/aromatic N) is 2. The molecule has 0 saturated carbocycles. The van der Waals surface area contributed by atoms with Crippen LogP contribution in [0.1, 0.15) is 42.6 Å². The predicted molar refractivity (Wildman–Crippen MR) is 115 cm³/mol. The fraction of sp³-hybridized carbons (Fsp3) is 0.273. The Hall–Kier alpha value is -3.33. The first-order valence-electron chi connectivity index (χ1n) is 9.82. The minimum absolute atomic E-state index is 0.0667. The number of H-pyrrole nitrogens is 1. The van der Waals surface area contributed by atoms with Crippen LogP contribution in [-0.4, -0.2) is 42.2 Å². The van der Waals surface area contributed by atoms with Crippen LogP contribution in [0.3, 0.4) is 0 Å². The summed E-state index contributed by atoms with van der Waals surface area (Å²) in [6, 6.07) is 14.3. The van der Waals surface area contributed by atoms with E-state index in [0.29, 0.717) is 17.0 Å². The van der Waals surface area contributed by atoms with Gasteiger partial charge in [-0.25, -0.2) is 8.42 Å². The van der Waals surface area contributed by atoms with Crippen LogP contribution < -0.4 is 9.47 Å². The Morgan fingerprint density at radius 3 is 2.42 bits per heavy atom. The van der Waals surface area contributed by atoms with E-state index in [1.165, 1.54) is 20.1 Å². The average Bonchev–Trinajstić information content (AvgIpc) is 3.28. The summed E-state index contributed by atoms with van der Waals surface area (Å²) in [7, 11) is -2.65. The Bertz CT molecular complexity index is 1240. The molecule has 4 rings (SSSR count). The Balaban J connectivity index is 1.66. The summed E-state index contributed by atoms with van der Waals surface area (Å²) in [5.41, 5.74) is 2.40. The molecule has 0 aliphatic carbocycles. The minimum atomic E-state index is -4.11. The molecule has 1 atom stereocenters. The highest BCUT2D eigenvalue weighted by atomic mass is 32.2. The van der Waals surface area contributed by atoms with E-state index in [9.17, 15) is 13.2 Å². The van der Waals surface area contributed by atoms with Crippen LogP contribution in [-0.2, 0) is 10.0 Å². The summed E-state index contributed by atoms with van der Waals surface area (Å²) in [5, 5.41) is 6.96. The quantitative estimate of drug-likeness (QED) is 0.625. The second-order valence-corrected chi connectivity index (χ2v) is 9.34. The van der Waals surface area contributed by atoms with Crippen molar-refractivity contribution in [3.8, 4) is 22.9 Å². The summed E-state index contributed by atoms with van der Waals surface area (Å²) < 4.78 is 38.2. The van der Waals surface area contributed by atoms with Gasteiger partial charge in [-0.15, -0.1) is 5.10 Å². The number of hydrogen-bond acceptors (Lipinski definition) is 6. The van der Waals surface area contributed by atoms with Crippen molar-refractivity contribution in [1.82, 2.24) is 14.5 Å². The van der Waals surface area contributed by atoms with Gasteiger partial charge < -0.3 is 9.47 Å². The summed E-state index contributed by atoms with van der Waals surface area (Å²) in [4.78, 5) is 13.1. The molecule has 0 spiro atoms. The maximum Gasteiger partial charge on any atom is 0.272 e. The van der Waals surface area contributed by atoms with Gasteiger partial charge in [-0.1, -0.05) is 44.2 Å². The van der Waals surface area contributed by atoms with Crippen LogP contribution in [0, 0.1) is 0 Å². The lowest BCUT2D eigenvalue weighted by molar-refractivity contribution is 0.0603. The topological polar surface area (TPSA) is 102 Å². The van der Waals surface area contributed by atoms with Crippen LogP contribution in [0.15, 0.2) is 53.4 Å². The number of methoxy groups -OCH3 is 1. The van der Waals surface area contributed by atoms with Crippen molar-refractivity contribution in [2.24, 2.45) is 0 Å². The second-order valence-electron chi connectivity index (χ2n) is 7.55. The van der Waals surface area contributed by atoms with Crippen LogP contribution >= 0.6 is 0 Å². The minimum Gasteiger partial charge on any atom is -0.497 e. The Morgan fingerprint density at radius 1 is 1.06 bits per heavy atom. The number of rotatable bonds is 6. The van der Waals surface area contributed by atoms with E-state index >= 15 is 0 Å². The van der Waals surface area contributed by atoms with Crippen molar-refractivity contribution in [2.75, 3.05) is 7.11 Å². The van der Waals surface area contributed by atoms with Crippen molar-refractivity contribution in [1.29, 1.82) is 0 Å². The molecule has 3 aromatic rings. The molecule has 2 aromatic carbocycles.